The minimum Gasteiger partial charge on any atom is -0.352 e. The number of aromatic nitrogens is 2. The van der Waals surface area contributed by atoms with E-state index in [4.69, 9.17) is 0 Å². The highest BCUT2D eigenvalue weighted by atomic mass is 16.2. The smallest absolute Gasteiger partial charge is 0.251 e. The van der Waals surface area contributed by atoms with Crippen molar-refractivity contribution in [2.24, 2.45) is 0 Å². The molecule has 2 saturated heterocycles. The van der Waals surface area contributed by atoms with Crippen LogP contribution in [0.5, 0.6) is 0 Å². The van der Waals surface area contributed by atoms with Crippen LogP contribution in [0.15, 0.2) is 42.9 Å². The predicted molar refractivity (Wildman–Crippen MR) is 110 cm³/mol. The predicted octanol–water partition coefficient (Wildman–Crippen LogP) is 2.01. The number of hydrogen-bond acceptors (Lipinski definition) is 5. The number of rotatable bonds is 4. The molecule has 0 N–H and O–H groups in total. The normalized spacial score (nSPS) is 22.3. The lowest BCUT2D eigenvalue weighted by atomic mass is 9.89. The molecule has 152 valence electrons. The molecule has 3 heterocycles. The monoisotopic (exact) mass is 393 g/mol. The Morgan fingerprint density at radius 2 is 1.90 bits per heavy atom. The highest BCUT2D eigenvalue weighted by Gasteiger charge is 2.56. The number of piperazine rings is 1. The van der Waals surface area contributed by atoms with E-state index in [1.807, 2.05) is 45.0 Å². The van der Waals surface area contributed by atoms with Crippen molar-refractivity contribution < 1.29 is 9.59 Å². The van der Waals surface area contributed by atoms with E-state index in [0.717, 1.165) is 11.4 Å². The van der Waals surface area contributed by atoms with Crippen LogP contribution < -0.4 is 4.90 Å². The van der Waals surface area contributed by atoms with Crippen molar-refractivity contribution >= 4 is 17.6 Å². The minimum atomic E-state index is -0.873. The molecule has 2 aliphatic rings. The van der Waals surface area contributed by atoms with Crippen LogP contribution in [0, 0.1) is 6.92 Å². The zero-order chi connectivity index (χ0) is 20.6. The lowest BCUT2D eigenvalue weighted by Gasteiger charge is -2.48. The van der Waals surface area contributed by atoms with E-state index in [1.54, 1.807) is 28.4 Å². The molecule has 2 amide bonds. The van der Waals surface area contributed by atoms with Crippen molar-refractivity contribution in [3.8, 4) is 0 Å². The van der Waals surface area contributed by atoms with Gasteiger partial charge in [-0.2, -0.15) is 0 Å². The highest BCUT2D eigenvalue weighted by Crippen LogP contribution is 2.36. The first kappa shape index (κ1) is 19.4. The van der Waals surface area contributed by atoms with Crippen molar-refractivity contribution in [2.45, 2.75) is 45.3 Å². The summed E-state index contributed by atoms with van der Waals surface area (Å²) in [5.41, 5.74) is 1.33. The molecule has 4 rings (SSSR count). The summed E-state index contributed by atoms with van der Waals surface area (Å²) in [5, 5.41) is 0. The molecule has 1 atom stereocenters. The number of aryl methyl sites for hydroxylation is 1. The van der Waals surface area contributed by atoms with Gasteiger partial charge in [-0.3, -0.25) is 14.6 Å². The van der Waals surface area contributed by atoms with Gasteiger partial charge in [0.25, 0.3) is 5.91 Å². The Bertz CT molecular complexity index is 899. The molecule has 2 aromatic rings. The molecule has 1 aromatic carbocycles. The SMILES string of the molecule is Cc1ccc(CN2C(=O)CN(C(C)C)C(=O)C23CCN(c2cnccn2)C3)cc1. The molecule has 2 fully saturated rings. The summed E-state index contributed by atoms with van der Waals surface area (Å²) in [5.74, 6) is 0.770. The number of anilines is 1. The van der Waals surface area contributed by atoms with E-state index in [9.17, 15) is 9.59 Å². The van der Waals surface area contributed by atoms with Crippen molar-refractivity contribution in [3.63, 3.8) is 0 Å². The van der Waals surface area contributed by atoms with Gasteiger partial charge in [-0.1, -0.05) is 29.8 Å². The molecule has 7 nitrogen and oxygen atoms in total. The second-order valence-corrected chi connectivity index (χ2v) is 8.26. The lowest BCUT2D eigenvalue weighted by molar-refractivity contribution is -0.166. The van der Waals surface area contributed by atoms with Crippen LogP contribution in [0.3, 0.4) is 0 Å². The Labute approximate surface area is 171 Å². The maximum atomic E-state index is 13.6. The second kappa shape index (κ2) is 7.46. The van der Waals surface area contributed by atoms with Crippen LogP contribution in [-0.4, -0.2) is 62.8 Å². The van der Waals surface area contributed by atoms with Crippen LogP contribution in [-0.2, 0) is 16.1 Å². The third-order valence-electron chi connectivity index (χ3n) is 5.99. The fourth-order valence-corrected chi connectivity index (χ4v) is 4.30. The van der Waals surface area contributed by atoms with Crippen LogP contribution in [0.25, 0.3) is 0 Å². The highest BCUT2D eigenvalue weighted by molar-refractivity contribution is 5.99. The van der Waals surface area contributed by atoms with Gasteiger partial charge in [0.1, 0.15) is 17.9 Å². The number of nitrogens with zero attached hydrogens (tertiary/aromatic N) is 5. The summed E-state index contributed by atoms with van der Waals surface area (Å²) >= 11 is 0. The zero-order valence-electron chi connectivity index (χ0n) is 17.2. The summed E-state index contributed by atoms with van der Waals surface area (Å²) in [4.78, 5) is 41.0. The first-order chi connectivity index (χ1) is 13.9. The van der Waals surface area contributed by atoms with Gasteiger partial charge in [-0.25, -0.2) is 4.98 Å². The quantitative estimate of drug-likeness (QED) is 0.795. The summed E-state index contributed by atoms with van der Waals surface area (Å²) in [6, 6.07) is 8.13. The maximum absolute atomic E-state index is 13.6. The van der Waals surface area contributed by atoms with Crippen molar-refractivity contribution in [1.82, 2.24) is 19.8 Å². The van der Waals surface area contributed by atoms with Gasteiger partial charge in [0, 0.05) is 31.5 Å². The van der Waals surface area contributed by atoms with E-state index >= 15 is 0 Å². The van der Waals surface area contributed by atoms with E-state index < -0.39 is 5.54 Å². The third kappa shape index (κ3) is 3.45. The van der Waals surface area contributed by atoms with Gasteiger partial charge in [-0.05, 0) is 32.8 Å². The number of carbonyl (C=O) groups is 2. The van der Waals surface area contributed by atoms with Gasteiger partial charge >= 0.3 is 0 Å². The maximum Gasteiger partial charge on any atom is 0.251 e. The molecule has 0 saturated carbocycles. The Morgan fingerprint density at radius 3 is 2.55 bits per heavy atom. The van der Waals surface area contributed by atoms with E-state index in [1.165, 1.54) is 5.56 Å². The van der Waals surface area contributed by atoms with Gasteiger partial charge in [0.15, 0.2) is 0 Å². The summed E-state index contributed by atoms with van der Waals surface area (Å²) in [6.45, 7) is 7.63. The number of amides is 2. The van der Waals surface area contributed by atoms with Crippen LogP contribution in [0.1, 0.15) is 31.4 Å². The van der Waals surface area contributed by atoms with Gasteiger partial charge in [0.05, 0.1) is 12.7 Å². The van der Waals surface area contributed by atoms with Crippen LogP contribution >= 0.6 is 0 Å². The van der Waals surface area contributed by atoms with E-state index in [2.05, 4.69) is 14.9 Å². The molecule has 0 bridgehead atoms. The van der Waals surface area contributed by atoms with Crippen molar-refractivity contribution in [2.75, 3.05) is 24.5 Å². The van der Waals surface area contributed by atoms with Gasteiger partial charge in [0.2, 0.25) is 5.91 Å². The van der Waals surface area contributed by atoms with Gasteiger partial charge in [-0.15, -0.1) is 0 Å². The molecule has 1 unspecified atom stereocenters. The minimum absolute atomic E-state index is 0.000120. The summed E-state index contributed by atoms with van der Waals surface area (Å²) < 4.78 is 0. The molecule has 1 aromatic heterocycles. The average molecular weight is 393 g/mol. The fraction of sp³-hybridized carbons (Fsp3) is 0.455. The van der Waals surface area contributed by atoms with E-state index in [-0.39, 0.29) is 24.4 Å². The second-order valence-electron chi connectivity index (χ2n) is 8.26. The topological polar surface area (TPSA) is 69.6 Å². The molecule has 0 radical (unpaired) electrons. The molecule has 1 spiro atoms. The molecular formula is C22H27N5O2. The number of carbonyl (C=O) groups excluding carboxylic acids is 2. The average Bonchev–Trinajstić information content (AvgIpc) is 3.16. The number of hydrogen-bond donors (Lipinski definition) is 0. The number of benzene rings is 1. The molecule has 2 aliphatic heterocycles. The van der Waals surface area contributed by atoms with Crippen LogP contribution in [0.4, 0.5) is 5.82 Å². The first-order valence-electron chi connectivity index (χ1n) is 10.1. The standard InChI is InChI=1S/C22H27N5O2/c1-16(2)26-14-20(28)27(13-18-6-4-17(3)5-7-18)22(21(26)29)8-11-25(15-22)19-12-23-9-10-24-19/h4-7,9-10,12,16H,8,11,13-15H2,1-3H3. The Kier molecular flexibility index (Phi) is 4.98. The lowest BCUT2D eigenvalue weighted by Crippen LogP contribution is -2.69. The van der Waals surface area contributed by atoms with Gasteiger partial charge < -0.3 is 14.7 Å². The largest absolute Gasteiger partial charge is 0.352 e. The first-order valence-corrected chi connectivity index (χ1v) is 10.1. The Hall–Kier alpha value is -2.96. The molecule has 29 heavy (non-hydrogen) atoms. The van der Waals surface area contributed by atoms with Crippen LogP contribution in [0.2, 0.25) is 0 Å². The summed E-state index contributed by atoms with van der Waals surface area (Å²) in [7, 11) is 0. The Morgan fingerprint density at radius 1 is 1.14 bits per heavy atom. The van der Waals surface area contributed by atoms with Crippen molar-refractivity contribution in [3.05, 3.63) is 54.0 Å². The fourth-order valence-electron chi connectivity index (χ4n) is 4.30. The third-order valence-corrected chi connectivity index (χ3v) is 5.99. The zero-order valence-corrected chi connectivity index (χ0v) is 17.2. The summed E-state index contributed by atoms with van der Waals surface area (Å²) in [6.07, 6.45) is 5.58. The molecule has 7 heteroatoms. The van der Waals surface area contributed by atoms with E-state index in [0.29, 0.717) is 26.1 Å². The molecule has 0 aliphatic carbocycles. The molecular weight excluding hydrogens is 366 g/mol. The Balaban J connectivity index is 1.69. The van der Waals surface area contributed by atoms with Crippen molar-refractivity contribution in [1.29, 1.82) is 0 Å².